The number of hydrogen-bond donors (Lipinski definition) is 2. The molecule has 0 saturated heterocycles. The summed E-state index contributed by atoms with van der Waals surface area (Å²) in [6.45, 7) is 7.13. The molecule has 0 aliphatic heterocycles. The summed E-state index contributed by atoms with van der Waals surface area (Å²) < 4.78 is 0. The Morgan fingerprint density at radius 2 is 1.84 bits per heavy atom. The maximum Gasteiger partial charge on any atom is 0.0656 e. The van der Waals surface area contributed by atoms with Crippen molar-refractivity contribution in [2.24, 2.45) is 34.5 Å². The highest BCUT2D eigenvalue weighted by molar-refractivity contribution is 5.25. The van der Waals surface area contributed by atoms with Gasteiger partial charge in [-0.2, -0.15) is 0 Å². The van der Waals surface area contributed by atoms with Crippen LogP contribution < -0.4 is 0 Å². The molecule has 0 bridgehead atoms. The molecular weight excluding hydrogens is 382 g/mol. The zero-order chi connectivity index (χ0) is 21.9. The minimum atomic E-state index is -0.617. The van der Waals surface area contributed by atoms with Gasteiger partial charge < -0.3 is 10.2 Å². The number of aliphatic hydroxyl groups excluding tert-OH is 1. The summed E-state index contributed by atoms with van der Waals surface area (Å²) in [5.74, 6) is 2.63. The predicted octanol–water partition coefficient (Wildman–Crippen LogP) is 5.71. The molecule has 0 radical (unpaired) electrons. The number of aliphatic hydroxyl groups is 2. The first kappa shape index (κ1) is 21.6. The third kappa shape index (κ3) is 3.51. The highest BCUT2D eigenvalue weighted by Crippen LogP contribution is 2.67. The van der Waals surface area contributed by atoms with E-state index in [0.717, 1.165) is 49.9 Å². The number of rotatable bonds is 4. The first-order chi connectivity index (χ1) is 14.7. The van der Waals surface area contributed by atoms with Crippen molar-refractivity contribution >= 4 is 0 Å². The molecule has 31 heavy (non-hydrogen) atoms. The first-order valence-corrected chi connectivity index (χ1v) is 12.7. The molecule has 0 amide bonds. The molecule has 3 saturated carbocycles. The van der Waals surface area contributed by atoms with Crippen molar-refractivity contribution < 1.29 is 10.2 Å². The Balaban J connectivity index is 1.35. The van der Waals surface area contributed by atoms with Gasteiger partial charge in [-0.25, -0.2) is 0 Å². The van der Waals surface area contributed by atoms with Gasteiger partial charge in [-0.1, -0.05) is 25.5 Å². The van der Waals surface area contributed by atoms with Gasteiger partial charge in [-0.05, 0) is 123 Å². The van der Waals surface area contributed by atoms with Gasteiger partial charge in [0.15, 0.2) is 0 Å². The highest BCUT2D eigenvalue weighted by atomic mass is 16.3. The Morgan fingerprint density at radius 1 is 1.06 bits per heavy atom. The zero-order valence-corrected chi connectivity index (χ0v) is 19.7. The van der Waals surface area contributed by atoms with E-state index in [1.54, 1.807) is 5.57 Å². The smallest absolute Gasteiger partial charge is 0.0656 e. The Labute approximate surface area is 188 Å². The summed E-state index contributed by atoms with van der Waals surface area (Å²) >= 11 is 0. The zero-order valence-electron chi connectivity index (χ0n) is 19.7. The highest BCUT2D eigenvalue weighted by Gasteiger charge is 2.61. The Kier molecular flexibility index (Phi) is 5.37. The molecule has 170 valence electrons. The number of aromatic nitrogens is 1. The minimum Gasteiger partial charge on any atom is -0.393 e. The van der Waals surface area contributed by atoms with E-state index in [4.69, 9.17) is 0 Å². The van der Waals surface area contributed by atoms with E-state index in [9.17, 15) is 10.2 Å². The van der Waals surface area contributed by atoms with Crippen molar-refractivity contribution in [2.45, 2.75) is 96.7 Å². The Morgan fingerprint density at radius 3 is 2.61 bits per heavy atom. The van der Waals surface area contributed by atoms with Gasteiger partial charge in [0.1, 0.15) is 0 Å². The molecule has 4 aliphatic rings. The van der Waals surface area contributed by atoms with Crippen molar-refractivity contribution in [3.8, 4) is 0 Å². The van der Waals surface area contributed by atoms with Crippen LogP contribution in [0.3, 0.4) is 0 Å². The summed E-state index contributed by atoms with van der Waals surface area (Å²) in [6.07, 6.45) is 17.0. The van der Waals surface area contributed by atoms with Crippen molar-refractivity contribution in [3.05, 3.63) is 41.7 Å². The second kappa shape index (κ2) is 7.70. The van der Waals surface area contributed by atoms with Crippen LogP contribution in [-0.2, 0) is 6.42 Å². The van der Waals surface area contributed by atoms with Crippen LogP contribution in [0.2, 0.25) is 0 Å². The lowest BCUT2D eigenvalue weighted by Gasteiger charge is -2.59. The number of hydrogen-bond acceptors (Lipinski definition) is 3. The largest absolute Gasteiger partial charge is 0.393 e. The van der Waals surface area contributed by atoms with Gasteiger partial charge >= 0.3 is 0 Å². The van der Waals surface area contributed by atoms with Crippen LogP contribution in [0.25, 0.3) is 0 Å². The number of pyridine rings is 1. The second-order valence-electron chi connectivity index (χ2n) is 12.0. The van der Waals surface area contributed by atoms with Gasteiger partial charge in [0.2, 0.25) is 0 Å². The summed E-state index contributed by atoms with van der Waals surface area (Å²) in [5.41, 5.74) is 2.75. The van der Waals surface area contributed by atoms with Gasteiger partial charge in [0.05, 0.1) is 11.7 Å². The molecule has 3 heteroatoms. The molecule has 3 fully saturated rings. The summed E-state index contributed by atoms with van der Waals surface area (Å²) in [4.78, 5) is 4.13. The molecule has 2 N–H and O–H groups in total. The fourth-order valence-electron chi connectivity index (χ4n) is 8.78. The van der Waals surface area contributed by atoms with Crippen molar-refractivity contribution in [1.82, 2.24) is 4.98 Å². The quantitative estimate of drug-likeness (QED) is 0.610. The van der Waals surface area contributed by atoms with Gasteiger partial charge in [0.25, 0.3) is 0 Å². The normalized spacial score (nSPS) is 43.9. The van der Waals surface area contributed by atoms with E-state index in [1.807, 2.05) is 12.4 Å². The standard InChI is InChI=1S/C28H41NO2/c1-26-13-9-21(30)18-20(26)4-5-22-23-6-7-25(27(23,2)14-10-24(22)26)28(3,31)15-8-19-11-16-29-17-12-19/h4,11-12,16-17,21-25,30-31H,5-10,13-15,18H2,1-3H3/t21-,22-,23-,24-,25-,26-,27-,28+/m0/s1. The predicted molar refractivity (Wildman–Crippen MR) is 124 cm³/mol. The van der Waals surface area contributed by atoms with Crippen molar-refractivity contribution in [2.75, 3.05) is 0 Å². The number of allylic oxidation sites excluding steroid dienone is 1. The van der Waals surface area contributed by atoms with Crippen LogP contribution in [0, 0.1) is 34.5 Å². The third-order valence-corrected chi connectivity index (χ3v) is 10.5. The molecular formula is C28H41NO2. The van der Waals surface area contributed by atoms with Crippen molar-refractivity contribution in [3.63, 3.8) is 0 Å². The van der Waals surface area contributed by atoms with E-state index in [0.29, 0.717) is 11.3 Å². The topological polar surface area (TPSA) is 53.4 Å². The first-order valence-electron chi connectivity index (χ1n) is 12.7. The molecule has 3 nitrogen and oxygen atoms in total. The Bertz CT molecular complexity index is 833. The SMILES string of the molecule is C[C@]12CC[C@H]3[C@@H](CC=C4C[C@@H](O)CC[C@@]43C)[C@@H]1CC[C@@H]2[C@](C)(O)CCc1ccncc1. The van der Waals surface area contributed by atoms with Crippen LogP contribution >= 0.6 is 0 Å². The molecule has 0 aromatic carbocycles. The molecule has 1 heterocycles. The molecule has 1 aromatic heterocycles. The fraction of sp³-hybridized carbons (Fsp3) is 0.750. The van der Waals surface area contributed by atoms with Gasteiger partial charge in [0, 0.05) is 12.4 Å². The number of nitrogens with zero attached hydrogens (tertiary/aromatic N) is 1. The van der Waals surface area contributed by atoms with Gasteiger partial charge in [-0.3, -0.25) is 4.98 Å². The molecule has 8 atom stereocenters. The maximum atomic E-state index is 11.7. The van der Waals surface area contributed by atoms with Crippen LogP contribution in [0.15, 0.2) is 36.2 Å². The molecule has 4 aliphatic carbocycles. The second-order valence-corrected chi connectivity index (χ2v) is 12.0. The lowest BCUT2D eigenvalue weighted by Crippen LogP contribution is -2.53. The molecule has 1 aromatic rings. The summed E-state index contributed by atoms with van der Waals surface area (Å²) in [7, 11) is 0. The van der Waals surface area contributed by atoms with Crippen molar-refractivity contribution in [1.29, 1.82) is 0 Å². The molecule has 5 rings (SSSR count). The van der Waals surface area contributed by atoms with E-state index in [-0.39, 0.29) is 11.5 Å². The maximum absolute atomic E-state index is 11.7. The van der Waals surface area contributed by atoms with Crippen LogP contribution in [0.1, 0.15) is 84.1 Å². The average Bonchev–Trinajstić information content (AvgIpc) is 3.12. The number of fused-ring (bicyclic) bond motifs is 5. The van der Waals surface area contributed by atoms with Crippen LogP contribution in [-0.4, -0.2) is 26.9 Å². The minimum absolute atomic E-state index is 0.129. The number of aryl methyl sites for hydroxylation is 1. The van der Waals surface area contributed by atoms with E-state index in [1.165, 1.54) is 37.7 Å². The monoisotopic (exact) mass is 423 g/mol. The van der Waals surface area contributed by atoms with E-state index < -0.39 is 5.60 Å². The summed E-state index contributed by atoms with van der Waals surface area (Å²) in [5, 5.41) is 21.9. The Hall–Kier alpha value is -1.19. The average molecular weight is 424 g/mol. The van der Waals surface area contributed by atoms with Crippen LogP contribution in [0.5, 0.6) is 0 Å². The molecule has 0 spiro atoms. The van der Waals surface area contributed by atoms with E-state index >= 15 is 0 Å². The lowest BCUT2D eigenvalue weighted by molar-refractivity contribution is -0.104. The third-order valence-electron chi connectivity index (χ3n) is 10.5. The molecule has 0 unspecified atom stereocenters. The van der Waals surface area contributed by atoms with Crippen LogP contribution in [0.4, 0.5) is 0 Å². The van der Waals surface area contributed by atoms with E-state index in [2.05, 4.69) is 44.0 Å². The fourth-order valence-corrected chi connectivity index (χ4v) is 8.78. The summed E-state index contributed by atoms with van der Waals surface area (Å²) in [6, 6.07) is 4.16. The lowest BCUT2D eigenvalue weighted by atomic mass is 9.46. The van der Waals surface area contributed by atoms with Gasteiger partial charge in [-0.15, -0.1) is 0 Å².